The van der Waals surface area contributed by atoms with Crippen molar-refractivity contribution in [1.29, 1.82) is 0 Å². The van der Waals surface area contributed by atoms with Gasteiger partial charge in [-0.05, 0) is 85.1 Å². The molecule has 0 bridgehead atoms. The van der Waals surface area contributed by atoms with Gasteiger partial charge >= 0.3 is 0 Å². The van der Waals surface area contributed by atoms with Crippen LogP contribution in [0.5, 0.6) is 11.5 Å². The molecule has 2 heterocycles. The molecule has 0 amide bonds. The van der Waals surface area contributed by atoms with E-state index in [1.807, 2.05) is 18.5 Å². The second-order valence-corrected chi connectivity index (χ2v) is 15.8. The number of fused-ring (bicyclic) bond motifs is 1. The highest BCUT2D eigenvalue weighted by Crippen LogP contribution is 2.35. The van der Waals surface area contributed by atoms with Gasteiger partial charge in [-0.15, -0.1) is 0 Å². The molecule has 7 nitrogen and oxygen atoms in total. The molecule has 1 saturated heterocycles. The highest BCUT2D eigenvalue weighted by Gasteiger charge is 2.27. The highest BCUT2D eigenvalue weighted by atomic mass is 16.3. The van der Waals surface area contributed by atoms with Crippen LogP contribution in [0.1, 0.15) is 120 Å². The van der Waals surface area contributed by atoms with Crippen LogP contribution < -0.4 is 0 Å². The molecule has 46 heavy (non-hydrogen) atoms. The number of phenolic OH excluding ortho intramolecular Hbond substituents is 2. The first kappa shape index (κ1) is 34.0. The Morgan fingerprint density at radius 3 is 2.11 bits per heavy atom. The first-order chi connectivity index (χ1) is 21.8. The minimum Gasteiger partial charge on any atom is -0.507 e. The van der Waals surface area contributed by atoms with E-state index in [0.29, 0.717) is 11.5 Å². The number of aryl methyl sites for hydroxylation is 2. The smallest absolute Gasteiger partial charge is 0.196 e. The van der Waals surface area contributed by atoms with Crippen molar-refractivity contribution in [3.63, 3.8) is 0 Å². The summed E-state index contributed by atoms with van der Waals surface area (Å²) < 4.78 is 0. The largest absolute Gasteiger partial charge is 0.507 e. The Labute approximate surface area is 277 Å². The molecular formula is C39H57N5O2. The number of rotatable bonds is 8. The first-order valence-electron chi connectivity index (χ1n) is 17.6. The zero-order chi connectivity index (χ0) is 33.1. The minimum atomic E-state index is -0.155. The monoisotopic (exact) mass is 627 g/mol. The third-order valence-electron chi connectivity index (χ3n) is 9.82. The van der Waals surface area contributed by atoms with Gasteiger partial charge in [-0.3, -0.25) is 15.0 Å². The fraction of sp³-hybridized carbons (Fsp3) is 0.615. The third kappa shape index (κ3) is 8.13. The van der Waals surface area contributed by atoms with E-state index in [1.165, 1.54) is 17.9 Å². The predicted molar refractivity (Wildman–Crippen MR) is 193 cm³/mol. The first-order valence-corrected chi connectivity index (χ1v) is 17.6. The quantitative estimate of drug-likeness (QED) is 0.296. The molecule has 2 unspecified atom stereocenters. The van der Waals surface area contributed by atoms with Crippen LogP contribution in [0.4, 0.5) is 0 Å². The molecule has 2 fully saturated rings. The van der Waals surface area contributed by atoms with Gasteiger partial charge in [0.15, 0.2) is 5.96 Å². The second kappa shape index (κ2) is 14.2. The summed E-state index contributed by atoms with van der Waals surface area (Å²) in [4.78, 5) is 19.8. The lowest BCUT2D eigenvalue weighted by Gasteiger charge is -2.41. The van der Waals surface area contributed by atoms with Crippen molar-refractivity contribution < 1.29 is 10.2 Å². The van der Waals surface area contributed by atoms with Crippen LogP contribution in [0, 0.1) is 6.92 Å². The number of phenols is 2. The Morgan fingerprint density at radius 1 is 0.804 bits per heavy atom. The molecule has 3 aliphatic rings. The van der Waals surface area contributed by atoms with Crippen molar-refractivity contribution >= 4 is 18.4 Å². The summed E-state index contributed by atoms with van der Waals surface area (Å²) in [5, 5.41) is 22.6. The second-order valence-electron chi connectivity index (χ2n) is 15.8. The fourth-order valence-corrected chi connectivity index (χ4v) is 7.09. The SMILES string of the molecule is Cc1cc(C=NC2CCCCC2N=Cc2cc(C(C)(C)C)cc(CCCN3CCCN4CCCN=C43)c2O)c(O)c(C(C)(C)C)c1. The third-order valence-corrected chi connectivity index (χ3v) is 9.82. The lowest BCUT2D eigenvalue weighted by atomic mass is 9.84. The summed E-state index contributed by atoms with van der Waals surface area (Å²) in [6, 6.07) is 8.47. The van der Waals surface area contributed by atoms with Gasteiger partial charge < -0.3 is 20.0 Å². The molecular weight excluding hydrogens is 570 g/mol. The molecule has 0 radical (unpaired) electrons. The van der Waals surface area contributed by atoms with Gasteiger partial charge in [0.2, 0.25) is 0 Å². The summed E-state index contributed by atoms with van der Waals surface area (Å²) in [7, 11) is 0. The van der Waals surface area contributed by atoms with Crippen LogP contribution >= 0.6 is 0 Å². The van der Waals surface area contributed by atoms with Crippen molar-refractivity contribution in [1.82, 2.24) is 9.80 Å². The maximum atomic E-state index is 11.5. The summed E-state index contributed by atoms with van der Waals surface area (Å²) in [5.74, 6) is 1.84. The van der Waals surface area contributed by atoms with Gasteiger partial charge in [0.05, 0.1) is 12.1 Å². The Morgan fingerprint density at radius 2 is 1.46 bits per heavy atom. The van der Waals surface area contributed by atoms with E-state index in [1.54, 1.807) is 0 Å². The van der Waals surface area contributed by atoms with E-state index in [0.717, 1.165) is 105 Å². The molecule has 2 aliphatic heterocycles. The summed E-state index contributed by atoms with van der Waals surface area (Å²) in [6.45, 7) is 20.3. The molecule has 0 spiro atoms. The Hall–Kier alpha value is -3.35. The summed E-state index contributed by atoms with van der Waals surface area (Å²) in [6.07, 6.45) is 12.0. The number of nitrogens with zero attached hydrogens (tertiary/aromatic N) is 5. The van der Waals surface area contributed by atoms with Gasteiger partial charge in [-0.2, -0.15) is 0 Å². The zero-order valence-corrected chi connectivity index (χ0v) is 29.4. The van der Waals surface area contributed by atoms with Gasteiger partial charge in [-0.25, -0.2) is 0 Å². The Balaban J connectivity index is 1.33. The topological polar surface area (TPSA) is 84.0 Å². The van der Waals surface area contributed by atoms with E-state index < -0.39 is 0 Å². The highest BCUT2D eigenvalue weighted by molar-refractivity contribution is 5.86. The summed E-state index contributed by atoms with van der Waals surface area (Å²) >= 11 is 0. The normalized spacial score (nSPS) is 21.2. The standard InChI is InChI=1S/C39H57N5O2/c1-27-21-29(36(46)32(22-27)39(5,6)7)25-41-33-14-8-9-15-34(33)42-26-30-24-31(38(2,3)4)23-28(35(30)45)13-10-17-43-19-12-20-44-18-11-16-40-37(43)44/h21-26,33-34,45-46H,8-20H2,1-7H3. The summed E-state index contributed by atoms with van der Waals surface area (Å²) in [5.41, 5.74) is 5.63. The van der Waals surface area contributed by atoms with E-state index in [9.17, 15) is 10.2 Å². The maximum absolute atomic E-state index is 11.5. The van der Waals surface area contributed by atoms with Crippen LogP contribution in [0.3, 0.4) is 0 Å². The van der Waals surface area contributed by atoms with Crippen LogP contribution in [0.2, 0.25) is 0 Å². The lowest BCUT2D eigenvalue weighted by Crippen LogP contribution is -2.52. The number of hydrogen-bond acceptors (Lipinski definition) is 7. The van der Waals surface area contributed by atoms with Crippen LogP contribution in [-0.4, -0.2) is 83.2 Å². The number of aliphatic imine (C=N–C) groups is 3. The van der Waals surface area contributed by atoms with Crippen LogP contribution in [0.25, 0.3) is 0 Å². The van der Waals surface area contributed by atoms with Crippen molar-refractivity contribution in [3.8, 4) is 11.5 Å². The van der Waals surface area contributed by atoms with Crippen LogP contribution in [0.15, 0.2) is 39.2 Å². The van der Waals surface area contributed by atoms with E-state index in [2.05, 4.69) is 76.5 Å². The number of hydrogen-bond donors (Lipinski definition) is 2. The van der Waals surface area contributed by atoms with Gasteiger partial charge in [-0.1, -0.05) is 66.5 Å². The minimum absolute atomic E-state index is 0.0403. The van der Waals surface area contributed by atoms with Gasteiger partial charge in [0.25, 0.3) is 0 Å². The molecule has 2 N–H and O–H groups in total. The van der Waals surface area contributed by atoms with E-state index in [4.69, 9.17) is 15.0 Å². The van der Waals surface area contributed by atoms with E-state index in [-0.39, 0.29) is 22.9 Å². The zero-order valence-electron chi connectivity index (χ0n) is 29.4. The molecule has 2 aromatic rings. The molecule has 5 rings (SSSR count). The fourth-order valence-electron chi connectivity index (χ4n) is 7.09. The maximum Gasteiger partial charge on any atom is 0.196 e. The Bertz CT molecular complexity index is 1460. The van der Waals surface area contributed by atoms with Crippen molar-refractivity contribution in [2.24, 2.45) is 15.0 Å². The van der Waals surface area contributed by atoms with Crippen molar-refractivity contribution in [2.75, 3.05) is 32.7 Å². The van der Waals surface area contributed by atoms with Crippen LogP contribution in [-0.2, 0) is 17.3 Å². The molecule has 7 heteroatoms. The number of guanidine groups is 1. The molecule has 250 valence electrons. The average Bonchev–Trinajstić information content (AvgIpc) is 3.01. The van der Waals surface area contributed by atoms with E-state index >= 15 is 0 Å². The van der Waals surface area contributed by atoms with Crippen molar-refractivity contribution in [3.05, 3.63) is 57.6 Å². The Kier molecular flexibility index (Phi) is 10.5. The van der Waals surface area contributed by atoms with Crippen molar-refractivity contribution in [2.45, 2.75) is 123 Å². The predicted octanol–water partition coefficient (Wildman–Crippen LogP) is 7.55. The molecule has 2 aromatic carbocycles. The molecule has 1 aliphatic carbocycles. The van der Waals surface area contributed by atoms with Gasteiger partial charge in [0, 0.05) is 61.8 Å². The lowest BCUT2D eigenvalue weighted by molar-refractivity contribution is 0.242. The van der Waals surface area contributed by atoms with Gasteiger partial charge in [0.1, 0.15) is 11.5 Å². The molecule has 1 saturated carbocycles. The molecule has 0 aromatic heterocycles. The average molecular weight is 628 g/mol. The number of benzene rings is 2. The number of aromatic hydroxyl groups is 2. The molecule has 2 atom stereocenters.